The smallest absolute Gasteiger partial charge is 0.419 e. The zero-order chi connectivity index (χ0) is 28.3. The number of rotatable bonds is 10. The number of carboxylic acids is 1. The molecule has 5 rings (SSSR count). The van der Waals surface area contributed by atoms with Crippen LogP contribution in [0.25, 0.3) is 11.4 Å². The molecule has 0 bridgehead atoms. The molecule has 2 heterocycles. The molecule has 1 N–H and O–H groups in total. The van der Waals surface area contributed by atoms with Gasteiger partial charge in [0.25, 0.3) is 0 Å². The van der Waals surface area contributed by atoms with Gasteiger partial charge in [-0.25, -0.2) is 15.0 Å². The molecule has 0 amide bonds. The largest absolute Gasteiger partial charge is 0.497 e. The number of aliphatic carboxylic acids is 1. The Labute approximate surface area is 229 Å². The summed E-state index contributed by atoms with van der Waals surface area (Å²) in [6, 6.07) is 8.77. The summed E-state index contributed by atoms with van der Waals surface area (Å²) in [7, 11) is 1.52. The summed E-state index contributed by atoms with van der Waals surface area (Å²) in [6.07, 6.45) is 3.46. The molecular weight excluding hydrogens is 527 g/mol. The van der Waals surface area contributed by atoms with Crippen LogP contribution in [0, 0.1) is 5.92 Å². The van der Waals surface area contributed by atoms with Crippen LogP contribution in [0.4, 0.5) is 13.2 Å². The topological polar surface area (TPSA) is 104 Å². The van der Waals surface area contributed by atoms with Crippen LogP contribution in [0.3, 0.4) is 0 Å². The van der Waals surface area contributed by atoms with E-state index in [9.17, 15) is 23.1 Å². The van der Waals surface area contributed by atoms with E-state index >= 15 is 0 Å². The Balaban J connectivity index is 1.23. The standard InChI is InChI=1S/C29H30F3N3O5/c1-38-22-8-9-23(28-34-15-19(16-35-28)29(30,31)32)25(13-22)39-20-4-6-21(7-5-20)40-26-12-18(10-11-33-26)24(14-27(36)37)17-2-3-17/h8-13,15-17,20-21,24H,2-7,14H2,1H3,(H,36,37)/t20-,21-,24?. The van der Waals surface area contributed by atoms with E-state index in [1.807, 2.05) is 12.1 Å². The lowest BCUT2D eigenvalue weighted by Crippen LogP contribution is -2.30. The lowest BCUT2D eigenvalue weighted by molar-refractivity contribution is -0.138. The molecule has 0 saturated heterocycles. The minimum atomic E-state index is -4.52. The monoisotopic (exact) mass is 557 g/mol. The average Bonchev–Trinajstić information content (AvgIpc) is 3.78. The number of ether oxygens (including phenoxy) is 3. The molecule has 2 aromatic heterocycles. The van der Waals surface area contributed by atoms with Crippen LogP contribution < -0.4 is 14.2 Å². The van der Waals surface area contributed by atoms with E-state index in [2.05, 4.69) is 15.0 Å². The predicted octanol–water partition coefficient (Wildman–Crippen LogP) is 6.30. The maximum absolute atomic E-state index is 13.0. The predicted molar refractivity (Wildman–Crippen MR) is 138 cm³/mol. The number of benzene rings is 1. The number of methoxy groups -OCH3 is 1. The van der Waals surface area contributed by atoms with Gasteiger partial charge in [0.05, 0.1) is 30.8 Å². The van der Waals surface area contributed by atoms with Crippen molar-refractivity contribution in [3.05, 3.63) is 60.0 Å². The third-order valence-electron chi connectivity index (χ3n) is 7.38. The third-order valence-corrected chi connectivity index (χ3v) is 7.38. The van der Waals surface area contributed by atoms with Crippen molar-refractivity contribution >= 4 is 5.97 Å². The van der Waals surface area contributed by atoms with Crippen LogP contribution in [-0.4, -0.2) is 45.3 Å². The van der Waals surface area contributed by atoms with Gasteiger partial charge in [-0.2, -0.15) is 13.2 Å². The lowest BCUT2D eigenvalue weighted by Gasteiger charge is -2.30. The highest BCUT2D eigenvalue weighted by Crippen LogP contribution is 2.45. The minimum Gasteiger partial charge on any atom is -0.497 e. The summed E-state index contributed by atoms with van der Waals surface area (Å²) in [6.45, 7) is 0. The van der Waals surface area contributed by atoms with Gasteiger partial charge in [-0.05, 0) is 74.1 Å². The highest BCUT2D eigenvalue weighted by molar-refractivity contribution is 5.68. The fourth-order valence-electron chi connectivity index (χ4n) is 5.11. The molecule has 2 aliphatic rings. The average molecular weight is 558 g/mol. The fourth-order valence-corrected chi connectivity index (χ4v) is 5.11. The molecule has 0 aliphatic heterocycles. The Morgan fingerprint density at radius 3 is 2.25 bits per heavy atom. The zero-order valence-electron chi connectivity index (χ0n) is 21.9. The zero-order valence-corrected chi connectivity index (χ0v) is 21.9. The highest BCUT2D eigenvalue weighted by Gasteiger charge is 2.34. The van der Waals surface area contributed by atoms with E-state index in [1.54, 1.807) is 24.4 Å². The first-order valence-corrected chi connectivity index (χ1v) is 13.3. The van der Waals surface area contributed by atoms with Crippen LogP contribution in [0.1, 0.15) is 62.0 Å². The number of nitrogens with zero attached hydrogens (tertiary/aromatic N) is 3. The molecule has 40 heavy (non-hydrogen) atoms. The molecular formula is C29H30F3N3O5. The minimum absolute atomic E-state index is 0.0299. The van der Waals surface area contributed by atoms with Gasteiger partial charge in [0.15, 0.2) is 5.82 Å². The first-order valence-electron chi connectivity index (χ1n) is 13.3. The number of carbonyl (C=O) groups is 1. The van der Waals surface area contributed by atoms with E-state index in [0.717, 1.165) is 30.8 Å². The second kappa shape index (κ2) is 11.7. The van der Waals surface area contributed by atoms with Crippen molar-refractivity contribution in [1.29, 1.82) is 0 Å². The molecule has 1 atom stereocenters. The number of pyridine rings is 1. The second-order valence-electron chi connectivity index (χ2n) is 10.3. The van der Waals surface area contributed by atoms with Gasteiger partial charge in [0.2, 0.25) is 5.88 Å². The van der Waals surface area contributed by atoms with E-state index in [0.29, 0.717) is 54.5 Å². The van der Waals surface area contributed by atoms with Gasteiger partial charge in [0, 0.05) is 30.7 Å². The Bertz CT molecular complexity index is 1320. The quantitative estimate of drug-likeness (QED) is 0.310. The molecule has 212 valence electrons. The van der Waals surface area contributed by atoms with Crippen molar-refractivity contribution in [3.63, 3.8) is 0 Å². The van der Waals surface area contributed by atoms with Crippen molar-refractivity contribution in [1.82, 2.24) is 15.0 Å². The van der Waals surface area contributed by atoms with Crippen molar-refractivity contribution in [3.8, 4) is 28.8 Å². The summed E-state index contributed by atoms with van der Waals surface area (Å²) in [5, 5.41) is 9.32. The van der Waals surface area contributed by atoms with Crippen molar-refractivity contribution in [2.75, 3.05) is 7.11 Å². The first kappa shape index (κ1) is 27.7. The number of aromatic nitrogens is 3. The molecule has 3 aromatic rings. The summed E-state index contributed by atoms with van der Waals surface area (Å²) >= 11 is 0. The third kappa shape index (κ3) is 6.81. The molecule has 11 heteroatoms. The molecule has 2 saturated carbocycles. The van der Waals surface area contributed by atoms with E-state index in [4.69, 9.17) is 14.2 Å². The summed E-state index contributed by atoms with van der Waals surface area (Å²) < 4.78 is 56.7. The molecule has 1 aromatic carbocycles. The lowest BCUT2D eigenvalue weighted by atomic mass is 9.91. The molecule has 2 aliphatic carbocycles. The SMILES string of the molecule is COc1ccc(-c2ncc(C(F)(F)F)cn2)c(O[C@H]2CC[C@H](Oc3cc(C(CC(=O)O)C4CC4)ccn3)CC2)c1. The van der Waals surface area contributed by atoms with Crippen molar-refractivity contribution in [2.24, 2.45) is 5.92 Å². The van der Waals surface area contributed by atoms with Gasteiger partial charge in [-0.15, -0.1) is 0 Å². The Kier molecular flexibility index (Phi) is 8.09. The van der Waals surface area contributed by atoms with Crippen LogP contribution >= 0.6 is 0 Å². The van der Waals surface area contributed by atoms with E-state index in [1.165, 1.54) is 7.11 Å². The number of hydrogen-bond donors (Lipinski definition) is 1. The highest BCUT2D eigenvalue weighted by atomic mass is 19.4. The summed E-state index contributed by atoms with van der Waals surface area (Å²) in [4.78, 5) is 23.5. The first-order chi connectivity index (χ1) is 19.2. The van der Waals surface area contributed by atoms with Crippen LogP contribution in [0.5, 0.6) is 17.4 Å². The number of carboxylic acid groups (broad SMARTS) is 1. The van der Waals surface area contributed by atoms with Gasteiger partial charge < -0.3 is 19.3 Å². The van der Waals surface area contributed by atoms with Crippen LogP contribution in [0.2, 0.25) is 0 Å². The Hall–Kier alpha value is -3.89. The van der Waals surface area contributed by atoms with Gasteiger partial charge in [-0.3, -0.25) is 4.79 Å². The number of alkyl halides is 3. The van der Waals surface area contributed by atoms with Crippen LogP contribution in [0.15, 0.2) is 48.9 Å². The molecule has 1 unspecified atom stereocenters. The maximum Gasteiger partial charge on any atom is 0.419 e. The number of halogens is 3. The molecule has 2 fully saturated rings. The molecule has 0 radical (unpaired) electrons. The second-order valence-corrected chi connectivity index (χ2v) is 10.3. The fraction of sp³-hybridized carbons (Fsp3) is 0.448. The maximum atomic E-state index is 13.0. The summed E-state index contributed by atoms with van der Waals surface area (Å²) in [5.41, 5.74) is 0.499. The summed E-state index contributed by atoms with van der Waals surface area (Å²) in [5.74, 6) is 1.15. The van der Waals surface area contributed by atoms with E-state index < -0.39 is 17.7 Å². The van der Waals surface area contributed by atoms with Crippen LogP contribution in [-0.2, 0) is 11.0 Å². The Morgan fingerprint density at radius 2 is 1.65 bits per heavy atom. The van der Waals surface area contributed by atoms with Gasteiger partial charge in [0.1, 0.15) is 17.6 Å². The normalized spacial score (nSPS) is 20.0. The van der Waals surface area contributed by atoms with E-state index in [-0.39, 0.29) is 30.4 Å². The van der Waals surface area contributed by atoms with Gasteiger partial charge in [-0.1, -0.05) is 0 Å². The molecule has 0 spiro atoms. The van der Waals surface area contributed by atoms with Crippen molar-refractivity contribution in [2.45, 2.75) is 69.2 Å². The van der Waals surface area contributed by atoms with Crippen molar-refractivity contribution < 1.29 is 37.3 Å². The molecule has 8 nitrogen and oxygen atoms in total. The number of hydrogen-bond acceptors (Lipinski definition) is 7. The Morgan fingerprint density at radius 1 is 0.975 bits per heavy atom. The van der Waals surface area contributed by atoms with Gasteiger partial charge >= 0.3 is 12.1 Å².